The molecule has 0 bridgehead atoms. The lowest BCUT2D eigenvalue weighted by atomic mass is 10.3. The minimum atomic E-state index is -4.75. The van der Waals surface area contributed by atoms with Crippen LogP contribution in [-0.2, 0) is 14.3 Å². The highest BCUT2D eigenvalue weighted by atomic mass is 19.4. The van der Waals surface area contributed by atoms with E-state index in [2.05, 4.69) is 16.1 Å². The van der Waals surface area contributed by atoms with Gasteiger partial charge in [-0.2, -0.15) is 0 Å². The van der Waals surface area contributed by atoms with E-state index in [1.165, 1.54) is 6.92 Å². The molecule has 0 saturated carbocycles. The fraction of sp³-hybridized carbons (Fsp3) is 0.571. The van der Waals surface area contributed by atoms with Crippen molar-refractivity contribution < 1.29 is 27.4 Å². The van der Waals surface area contributed by atoms with Crippen LogP contribution in [0.5, 0.6) is 0 Å². The van der Waals surface area contributed by atoms with Gasteiger partial charge in [-0.1, -0.05) is 6.58 Å². The maximum absolute atomic E-state index is 11.4. The third-order valence-electron chi connectivity index (χ3n) is 0.974. The maximum atomic E-state index is 11.4. The summed E-state index contributed by atoms with van der Waals surface area (Å²) in [7, 11) is 0. The van der Waals surface area contributed by atoms with Gasteiger partial charge in [0.05, 0.1) is 18.8 Å². The molecular formula is C7H9F3O3. The van der Waals surface area contributed by atoms with Gasteiger partial charge in [-0.25, -0.2) is 4.79 Å². The second-order valence-corrected chi connectivity index (χ2v) is 2.06. The van der Waals surface area contributed by atoms with Gasteiger partial charge in [-0.3, -0.25) is 4.74 Å². The molecule has 0 aliphatic rings. The van der Waals surface area contributed by atoms with Crippen molar-refractivity contribution >= 4 is 5.97 Å². The molecule has 76 valence electrons. The average molecular weight is 198 g/mol. The van der Waals surface area contributed by atoms with Gasteiger partial charge in [0.1, 0.15) is 0 Å². The summed E-state index contributed by atoms with van der Waals surface area (Å²) >= 11 is 0. The highest BCUT2D eigenvalue weighted by Gasteiger charge is 2.30. The molecule has 0 fully saturated rings. The lowest BCUT2D eigenvalue weighted by Gasteiger charge is -2.08. The lowest BCUT2D eigenvalue weighted by Crippen LogP contribution is -2.19. The van der Waals surface area contributed by atoms with E-state index in [0.29, 0.717) is 0 Å². The molecule has 0 aliphatic carbocycles. The summed E-state index contributed by atoms with van der Waals surface area (Å²) in [5.41, 5.74) is -0.362. The molecule has 0 saturated heterocycles. The predicted molar refractivity (Wildman–Crippen MR) is 37.8 cm³/mol. The fourth-order valence-corrected chi connectivity index (χ4v) is 0.461. The molecular weight excluding hydrogens is 189 g/mol. The Bertz CT molecular complexity index is 198. The first kappa shape index (κ1) is 12.0. The Morgan fingerprint density at radius 1 is 1.46 bits per heavy atom. The van der Waals surface area contributed by atoms with Crippen molar-refractivity contribution in [2.24, 2.45) is 0 Å². The Morgan fingerprint density at radius 2 is 2.00 bits per heavy atom. The minimum Gasteiger partial charge on any atom is -0.463 e. The summed E-state index contributed by atoms with van der Waals surface area (Å²) in [6.45, 7) is 3.80. The first-order valence-corrected chi connectivity index (χ1v) is 3.42. The second-order valence-electron chi connectivity index (χ2n) is 2.06. The number of alkyl halides is 3. The summed E-state index contributed by atoms with van der Waals surface area (Å²) in [5, 5.41) is 0. The number of esters is 1. The van der Waals surface area contributed by atoms with Crippen LogP contribution in [0.15, 0.2) is 12.2 Å². The molecule has 0 aromatic carbocycles. The zero-order valence-electron chi connectivity index (χ0n) is 6.98. The van der Waals surface area contributed by atoms with Gasteiger partial charge in [0.2, 0.25) is 0 Å². The highest BCUT2D eigenvalue weighted by molar-refractivity contribution is 5.87. The molecule has 0 aliphatic heterocycles. The fourth-order valence-electron chi connectivity index (χ4n) is 0.461. The number of rotatable bonds is 4. The van der Waals surface area contributed by atoms with E-state index in [9.17, 15) is 18.0 Å². The number of hydrogen-bond donors (Lipinski definition) is 0. The molecule has 0 rings (SSSR count). The summed E-state index contributed by atoms with van der Waals surface area (Å²) in [5.74, 6) is -0.883. The predicted octanol–water partition coefficient (Wildman–Crippen LogP) is 1.64. The molecule has 13 heavy (non-hydrogen) atoms. The van der Waals surface area contributed by atoms with E-state index in [4.69, 9.17) is 0 Å². The number of ether oxygens (including phenoxy) is 2. The van der Waals surface area contributed by atoms with Crippen molar-refractivity contribution in [3.8, 4) is 0 Å². The Kier molecular flexibility index (Phi) is 4.47. The van der Waals surface area contributed by atoms with Gasteiger partial charge in [0.25, 0.3) is 0 Å². The monoisotopic (exact) mass is 198 g/mol. The van der Waals surface area contributed by atoms with Crippen molar-refractivity contribution in [3.05, 3.63) is 12.2 Å². The number of carbonyl (C=O) groups is 1. The summed E-state index contributed by atoms with van der Waals surface area (Å²) in [6.07, 6.45) is -4.75. The third-order valence-corrected chi connectivity index (χ3v) is 0.974. The van der Waals surface area contributed by atoms with Crippen molar-refractivity contribution in [1.82, 2.24) is 0 Å². The van der Waals surface area contributed by atoms with Crippen LogP contribution in [0.1, 0.15) is 6.92 Å². The molecule has 6 heteroatoms. The third kappa shape index (κ3) is 6.15. The van der Waals surface area contributed by atoms with Crippen molar-refractivity contribution in [2.45, 2.75) is 13.3 Å². The molecule has 3 nitrogen and oxygen atoms in total. The van der Waals surface area contributed by atoms with Gasteiger partial charge in [0.15, 0.2) is 0 Å². The number of halogens is 3. The first-order chi connectivity index (χ1) is 5.87. The van der Waals surface area contributed by atoms with Gasteiger partial charge in [-0.05, 0) is 6.92 Å². The van der Waals surface area contributed by atoms with Crippen LogP contribution >= 0.6 is 0 Å². The van der Waals surface area contributed by atoms with Crippen molar-refractivity contribution in [2.75, 3.05) is 13.2 Å². The Morgan fingerprint density at radius 3 is 2.38 bits per heavy atom. The van der Waals surface area contributed by atoms with Gasteiger partial charge in [-0.15, -0.1) is 13.2 Å². The molecule has 0 unspecified atom stereocenters. The van der Waals surface area contributed by atoms with E-state index in [0.717, 1.165) is 0 Å². The van der Waals surface area contributed by atoms with Crippen LogP contribution in [0.25, 0.3) is 0 Å². The minimum absolute atomic E-state index is 0.0872. The topological polar surface area (TPSA) is 35.5 Å². The van der Waals surface area contributed by atoms with Crippen LogP contribution in [-0.4, -0.2) is 25.5 Å². The average Bonchev–Trinajstić information content (AvgIpc) is 1.99. The summed E-state index contributed by atoms with van der Waals surface area (Å²) in [6, 6.07) is 0. The maximum Gasteiger partial charge on any atom is 0.522 e. The molecule has 0 amide bonds. The zero-order chi connectivity index (χ0) is 10.5. The van der Waals surface area contributed by atoms with Crippen LogP contribution in [0.2, 0.25) is 0 Å². The molecule has 0 aromatic rings. The summed E-state index contributed by atoms with van der Waals surface area (Å²) in [4.78, 5) is 10.7. The van der Waals surface area contributed by atoms with Gasteiger partial charge < -0.3 is 4.74 Å². The Labute approximate surface area is 73.1 Å². The first-order valence-electron chi connectivity index (χ1n) is 3.42. The molecule has 0 aromatic heterocycles. The second kappa shape index (κ2) is 4.86. The smallest absolute Gasteiger partial charge is 0.463 e. The lowest BCUT2D eigenvalue weighted by molar-refractivity contribution is -0.320. The Hall–Kier alpha value is -1.04. The van der Waals surface area contributed by atoms with E-state index < -0.39 is 18.9 Å². The quantitative estimate of drug-likeness (QED) is 0.508. The Balaban J connectivity index is 3.82. The highest BCUT2D eigenvalue weighted by Crippen LogP contribution is 2.17. The standard InChI is InChI=1S/C7H9F3O3/c1-3-12-6(11)5(2)4-13-7(8,9)10/h2-4H2,1H3. The molecule has 0 N–H and O–H groups in total. The number of hydrogen-bond acceptors (Lipinski definition) is 3. The van der Waals surface area contributed by atoms with Crippen LogP contribution in [0.3, 0.4) is 0 Å². The molecule has 0 spiro atoms. The molecule has 0 radical (unpaired) electrons. The largest absolute Gasteiger partial charge is 0.522 e. The van der Waals surface area contributed by atoms with E-state index in [-0.39, 0.29) is 12.2 Å². The van der Waals surface area contributed by atoms with Crippen molar-refractivity contribution in [3.63, 3.8) is 0 Å². The summed E-state index contributed by atoms with van der Waals surface area (Å²) < 4.78 is 42.1. The van der Waals surface area contributed by atoms with Gasteiger partial charge >= 0.3 is 12.3 Å². The SMILES string of the molecule is C=C(COC(F)(F)F)C(=O)OCC. The zero-order valence-corrected chi connectivity index (χ0v) is 6.98. The van der Waals surface area contributed by atoms with Crippen LogP contribution in [0.4, 0.5) is 13.2 Å². The number of carbonyl (C=O) groups excluding carboxylic acids is 1. The van der Waals surface area contributed by atoms with Crippen LogP contribution in [0, 0.1) is 0 Å². The van der Waals surface area contributed by atoms with E-state index >= 15 is 0 Å². The van der Waals surface area contributed by atoms with E-state index in [1.807, 2.05) is 0 Å². The van der Waals surface area contributed by atoms with Gasteiger partial charge in [0, 0.05) is 0 Å². The van der Waals surface area contributed by atoms with Crippen molar-refractivity contribution in [1.29, 1.82) is 0 Å². The molecule has 0 atom stereocenters. The van der Waals surface area contributed by atoms with Crippen LogP contribution < -0.4 is 0 Å². The normalized spacial score (nSPS) is 11.1. The van der Waals surface area contributed by atoms with E-state index in [1.54, 1.807) is 0 Å². The molecule has 0 heterocycles.